The van der Waals surface area contributed by atoms with Crippen LogP contribution in [0.4, 0.5) is 0 Å². The molecule has 0 aliphatic carbocycles. The van der Waals surface area contributed by atoms with Crippen LogP contribution >= 0.6 is 45.8 Å². The van der Waals surface area contributed by atoms with Crippen molar-refractivity contribution in [3.8, 4) is 0 Å². The van der Waals surface area contributed by atoms with Gasteiger partial charge in [-0.25, -0.2) is 0 Å². The molecule has 1 atom stereocenters. The second-order valence-electron chi connectivity index (χ2n) is 4.72. The van der Waals surface area contributed by atoms with Crippen molar-refractivity contribution < 1.29 is 0 Å². The first-order chi connectivity index (χ1) is 9.60. The molecular formula is C16H16Cl2IN. The molecule has 0 spiro atoms. The minimum absolute atomic E-state index is 0.312. The Labute approximate surface area is 143 Å². The Morgan fingerprint density at radius 2 is 1.60 bits per heavy atom. The van der Waals surface area contributed by atoms with Crippen molar-refractivity contribution in [1.29, 1.82) is 0 Å². The Balaban J connectivity index is 2.11. The lowest BCUT2D eigenvalue weighted by Crippen LogP contribution is -2.30. The fourth-order valence-electron chi connectivity index (χ4n) is 2.16. The Bertz CT molecular complexity index is 549. The molecule has 1 unspecified atom stereocenters. The number of likely N-dealkylation sites (N-methyl/N-ethyl adjacent to an activating group) is 1. The average Bonchev–Trinajstić information content (AvgIpc) is 2.44. The monoisotopic (exact) mass is 419 g/mol. The van der Waals surface area contributed by atoms with Crippen LogP contribution in [-0.4, -0.2) is 13.1 Å². The van der Waals surface area contributed by atoms with E-state index in [0.717, 1.165) is 28.5 Å². The van der Waals surface area contributed by atoms with Crippen molar-refractivity contribution >= 4 is 45.8 Å². The first-order valence-corrected chi connectivity index (χ1v) is 8.28. The third-order valence-corrected chi connectivity index (χ3v) is 4.74. The molecule has 1 N–H and O–H groups in total. The van der Waals surface area contributed by atoms with Crippen molar-refractivity contribution in [2.45, 2.75) is 18.9 Å². The quantitative estimate of drug-likeness (QED) is 0.674. The summed E-state index contributed by atoms with van der Waals surface area (Å²) in [6, 6.07) is 14.6. The van der Waals surface area contributed by atoms with Crippen molar-refractivity contribution in [2.75, 3.05) is 7.05 Å². The summed E-state index contributed by atoms with van der Waals surface area (Å²) in [4.78, 5) is 0. The molecule has 0 fully saturated rings. The van der Waals surface area contributed by atoms with E-state index in [1.54, 1.807) is 0 Å². The number of hydrogen-bond acceptors (Lipinski definition) is 1. The van der Waals surface area contributed by atoms with Gasteiger partial charge in [0.15, 0.2) is 0 Å². The van der Waals surface area contributed by atoms with Gasteiger partial charge in [0.25, 0.3) is 0 Å². The normalized spacial score (nSPS) is 12.4. The SMILES string of the molecule is CNC(Cc1ccc(I)cc1)Cc1c(Cl)cccc1Cl. The fourth-order valence-corrected chi connectivity index (χ4v) is 3.07. The molecule has 0 aromatic heterocycles. The number of hydrogen-bond donors (Lipinski definition) is 1. The molecule has 0 radical (unpaired) electrons. The lowest BCUT2D eigenvalue weighted by atomic mass is 9.99. The number of nitrogens with one attached hydrogen (secondary N) is 1. The van der Waals surface area contributed by atoms with E-state index in [4.69, 9.17) is 23.2 Å². The molecule has 0 saturated heterocycles. The summed E-state index contributed by atoms with van der Waals surface area (Å²) in [6.45, 7) is 0. The summed E-state index contributed by atoms with van der Waals surface area (Å²) in [6.07, 6.45) is 1.77. The molecule has 0 aliphatic rings. The van der Waals surface area contributed by atoms with E-state index in [-0.39, 0.29) is 0 Å². The van der Waals surface area contributed by atoms with Gasteiger partial charge in [0.05, 0.1) is 0 Å². The first kappa shape index (κ1) is 16.1. The molecule has 0 heterocycles. The predicted octanol–water partition coefficient (Wildman–Crippen LogP) is 4.97. The van der Waals surface area contributed by atoms with E-state index in [1.807, 2.05) is 25.2 Å². The topological polar surface area (TPSA) is 12.0 Å². The zero-order valence-electron chi connectivity index (χ0n) is 11.2. The molecule has 2 aromatic carbocycles. The van der Waals surface area contributed by atoms with Gasteiger partial charge in [-0.1, -0.05) is 41.4 Å². The van der Waals surface area contributed by atoms with Crippen LogP contribution in [0.5, 0.6) is 0 Å². The van der Waals surface area contributed by atoms with Crippen LogP contribution in [0.2, 0.25) is 10.0 Å². The van der Waals surface area contributed by atoms with Gasteiger partial charge in [0, 0.05) is 19.7 Å². The zero-order valence-corrected chi connectivity index (χ0v) is 14.8. The summed E-state index contributed by atoms with van der Waals surface area (Å²) in [5.41, 5.74) is 2.33. The van der Waals surface area contributed by atoms with Crippen LogP contribution in [0.3, 0.4) is 0 Å². The van der Waals surface area contributed by atoms with E-state index in [0.29, 0.717) is 6.04 Å². The standard InChI is InChI=1S/C16H16Cl2IN/c1-20-13(9-11-5-7-12(19)8-6-11)10-14-15(17)3-2-4-16(14)18/h2-8,13,20H,9-10H2,1H3. The van der Waals surface area contributed by atoms with Crippen LogP contribution in [0.1, 0.15) is 11.1 Å². The minimum Gasteiger partial charge on any atom is -0.316 e. The van der Waals surface area contributed by atoms with Crippen LogP contribution in [-0.2, 0) is 12.8 Å². The maximum Gasteiger partial charge on any atom is 0.0453 e. The van der Waals surface area contributed by atoms with Gasteiger partial charge >= 0.3 is 0 Å². The van der Waals surface area contributed by atoms with Crippen LogP contribution in [0.25, 0.3) is 0 Å². The summed E-state index contributed by atoms with van der Waals surface area (Å²) in [5.74, 6) is 0. The van der Waals surface area contributed by atoms with Gasteiger partial charge in [0.1, 0.15) is 0 Å². The highest BCUT2D eigenvalue weighted by molar-refractivity contribution is 14.1. The lowest BCUT2D eigenvalue weighted by Gasteiger charge is -2.18. The lowest BCUT2D eigenvalue weighted by molar-refractivity contribution is 0.556. The molecule has 1 nitrogen and oxygen atoms in total. The fraction of sp³-hybridized carbons (Fsp3) is 0.250. The third kappa shape index (κ3) is 4.35. The molecule has 0 amide bonds. The van der Waals surface area contributed by atoms with Gasteiger partial charge < -0.3 is 5.32 Å². The van der Waals surface area contributed by atoms with Crippen LogP contribution < -0.4 is 5.32 Å². The zero-order chi connectivity index (χ0) is 14.5. The Morgan fingerprint density at radius 3 is 2.15 bits per heavy atom. The van der Waals surface area contributed by atoms with Gasteiger partial charge in [-0.05, 0) is 77.9 Å². The molecule has 2 rings (SSSR count). The highest BCUT2D eigenvalue weighted by atomic mass is 127. The largest absolute Gasteiger partial charge is 0.316 e. The van der Waals surface area contributed by atoms with E-state index in [1.165, 1.54) is 9.13 Å². The Kier molecular flexibility index (Phi) is 6.15. The smallest absolute Gasteiger partial charge is 0.0453 e. The van der Waals surface area contributed by atoms with Gasteiger partial charge in [0.2, 0.25) is 0 Å². The number of benzene rings is 2. The van der Waals surface area contributed by atoms with Crippen molar-refractivity contribution in [2.24, 2.45) is 0 Å². The third-order valence-electron chi connectivity index (χ3n) is 3.32. The van der Waals surface area contributed by atoms with E-state index in [9.17, 15) is 0 Å². The van der Waals surface area contributed by atoms with Gasteiger partial charge in [-0.3, -0.25) is 0 Å². The van der Waals surface area contributed by atoms with Crippen molar-refractivity contribution in [3.05, 3.63) is 67.2 Å². The highest BCUT2D eigenvalue weighted by Gasteiger charge is 2.13. The average molecular weight is 420 g/mol. The molecule has 106 valence electrons. The summed E-state index contributed by atoms with van der Waals surface area (Å²) in [5, 5.41) is 4.82. The van der Waals surface area contributed by atoms with Crippen LogP contribution in [0, 0.1) is 3.57 Å². The van der Waals surface area contributed by atoms with E-state index in [2.05, 4.69) is 52.2 Å². The minimum atomic E-state index is 0.312. The molecule has 2 aromatic rings. The van der Waals surface area contributed by atoms with E-state index < -0.39 is 0 Å². The summed E-state index contributed by atoms with van der Waals surface area (Å²) < 4.78 is 1.25. The molecule has 4 heteroatoms. The molecule has 20 heavy (non-hydrogen) atoms. The van der Waals surface area contributed by atoms with Crippen LogP contribution in [0.15, 0.2) is 42.5 Å². The first-order valence-electron chi connectivity index (χ1n) is 6.44. The highest BCUT2D eigenvalue weighted by Crippen LogP contribution is 2.26. The Hall–Kier alpha value is -0.290. The maximum absolute atomic E-state index is 6.24. The second-order valence-corrected chi connectivity index (χ2v) is 6.78. The summed E-state index contributed by atoms with van der Waals surface area (Å²) in [7, 11) is 1.97. The van der Waals surface area contributed by atoms with Gasteiger partial charge in [-0.15, -0.1) is 0 Å². The van der Waals surface area contributed by atoms with E-state index >= 15 is 0 Å². The number of halogens is 3. The van der Waals surface area contributed by atoms with Gasteiger partial charge in [-0.2, -0.15) is 0 Å². The number of rotatable bonds is 5. The maximum atomic E-state index is 6.24. The molecular weight excluding hydrogens is 404 g/mol. The van der Waals surface area contributed by atoms with Crippen molar-refractivity contribution in [3.63, 3.8) is 0 Å². The second kappa shape index (κ2) is 7.64. The molecule has 0 bridgehead atoms. The molecule has 0 aliphatic heterocycles. The Morgan fingerprint density at radius 1 is 1.00 bits per heavy atom. The molecule has 0 saturated carbocycles. The summed E-state index contributed by atoms with van der Waals surface area (Å²) >= 11 is 14.8. The van der Waals surface area contributed by atoms with Crippen molar-refractivity contribution in [1.82, 2.24) is 5.32 Å². The predicted molar refractivity (Wildman–Crippen MR) is 95.9 cm³/mol.